The molecule has 0 amide bonds. The maximum atomic E-state index is 6.29. The van der Waals surface area contributed by atoms with Gasteiger partial charge in [0.1, 0.15) is 5.75 Å². The summed E-state index contributed by atoms with van der Waals surface area (Å²) in [4.78, 5) is 2.59. The number of ether oxygens (including phenoxy) is 2. The van der Waals surface area contributed by atoms with Crippen LogP contribution in [0.15, 0.2) is 72.8 Å². The topological polar surface area (TPSA) is 21.7 Å². The molecule has 0 saturated carbocycles. The molecule has 1 aliphatic heterocycles. The first-order chi connectivity index (χ1) is 16.6. The average molecular weight is 476 g/mol. The van der Waals surface area contributed by atoms with E-state index in [1.165, 1.54) is 60.0 Å². The van der Waals surface area contributed by atoms with E-state index in [2.05, 4.69) is 91.5 Å². The molecule has 1 aliphatic rings. The number of benzene rings is 3. The Balaban J connectivity index is 1.70. The number of hydrogen-bond donors (Lipinski definition) is 0. The molecule has 0 radical (unpaired) electrons. The lowest BCUT2D eigenvalue weighted by molar-refractivity contribution is 0.0494. The van der Waals surface area contributed by atoms with E-state index in [1.807, 2.05) is 0 Å². The van der Waals surface area contributed by atoms with Crippen LogP contribution in [0.3, 0.4) is 0 Å². The van der Waals surface area contributed by atoms with Crippen LogP contribution in [0, 0.1) is 0 Å². The van der Waals surface area contributed by atoms with E-state index in [0.717, 1.165) is 18.6 Å². The zero-order valence-corrected chi connectivity index (χ0v) is 21.8. The second-order valence-electron chi connectivity index (χ2n) is 9.38. The lowest BCUT2D eigenvalue weighted by Gasteiger charge is -2.35. The Hall–Kier alpha value is -2.35. The van der Waals surface area contributed by atoms with Gasteiger partial charge in [-0.05, 0) is 48.2 Å². The molecule has 180 valence electrons. The van der Waals surface area contributed by atoms with E-state index in [0.29, 0.717) is 8.58 Å². The number of piperidine rings is 1. The molecule has 1 saturated heterocycles. The van der Waals surface area contributed by atoms with E-state index in [-0.39, 0.29) is 11.9 Å². The molecule has 1 heterocycles. The summed E-state index contributed by atoms with van der Waals surface area (Å²) in [5.74, 6) is 0.987. The maximum absolute atomic E-state index is 6.29. The lowest BCUT2D eigenvalue weighted by Crippen LogP contribution is -2.33. The lowest BCUT2D eigenvalue weighted by atomic mass is 9.92. The molecule has 0 N–H and O–H groups in total. The molecule has 3 aromatic carbocycles. The van der Waals surface area contributed by atoms with E-state index in [1.54, 1.807) is 7.11 Å². The summed E-state index contributed by atoms with van der Waals surface area (Å²) in [5, 5.41) is 1.43. The number of nitrogens with zero attached hydrogens (tertiary/aromatic N) is 1. The fourth-order valence-electron chi connectivity index (χ4n) is 4.90. The van der Waals surface area contributed by atoms with E-state index in [4.69, 9.17) is 9.47 Å². The van der Waals surface area contributed by atoms with E-state index < -0.39 is 0 Å². The number of hydrogen-bond acceptors (Lipinski definition) is 3. The Labute approximate surface area is 207 Å². The minimum Gasteiger partial charge on any atom is -0.467 e. The number of methoxy groups -OCH3 is 1. The Kier molecular flexibility index (Phi) is 8.64. The highest BCUT2D eigenvalue weighted by Gasteiger charge is 2.31. The van der Waals surface area contributed by atoms with E-state index >= 15 is 0 Å². The summed E-state index contributed by atoms with van der Waals surface area (Å²) in [5.41, 5.74) is 5.21. The van der Waals surface area contributed by atoms with Gasteiger partial charge in [-0.25, -0.2) is 0 Å². The highest BCUT2D eigenvalue weighted by atomic mass is 31.1. The van der Waals surface area contributed by atoms with Crippen molar-refractivity contribution in [3.63, 3.8) is 0 Å². The maximum Gasteiger partial charge on any atom is 0.188 e. The van der Waals surface area contributed by atoms with Gasteiger partial charge in [0.25, 0.3) is 0 Å². The van der Waals surface area contributed by atoms with Crippen LogP contribution in [0.2, 0.25) is 0 Å². The molecule has 2 unspecified atom stereocenters. The van der Waals surface area contributed by atoms with Gasteiger partial charge in [-0.3, -0.25) is 0 Å². The minimum absolute atomic E-state index is 0.0261. The fourth-order valence-corrected chi connectivity index (χ4v) is 6.55. The molecule has 4 heteroatoms. The summed E-state index contributed by atoms with van der Waals surface area (Å²) in [7, 11) is 2.34. The third kappa shape index (κ3) is 5.82. The first kappa shape index (κ1) is 24.8. The molecule has 0 aromatic heterocycles. The van der Waals surface area contributed by atoms with Crippen LogP contribution >= 0.6 is 8.58 Å². The van der Waals surface area contributed by atoms with Crippen molar-refractivity contribution in [2.24, 2.45) is 0 Å². The summed E-state index contributed by atoms with van der Waals surface area (Å²) < 4.78 is 11.6. The second-order valence-corrected chi connectivity index (χ2v) is 11.3. The average Bonchev–Trinajstić information content (AvgIpc) is 2.89. The Morgan fingerprint density at radius 1 is 0.882 bits per heavy atom. The fraction of sp³-hybridized carbons (Fsp3) is 0.400. The molecule has 4 rings (SSSR count). The van der Waals surface area contributed by atoms with Crippen LogP contribution in [0.1, 0.15) is 56.2 Å². The molecule has 0 aliphatic carbocycles. The van der Waals surface area contributed by atoms with Gasteiger partial charge in [0.2, 0.25) is 0 Å². The summed E-state index contributed by atoms with van der Waals surface area (Å²) in [6.45, 7) is 7.30. The van der Waals surface area contributed by atoms with Crippen molar-refractivity contribution in [1.29, 1.82) is 0 Å². The SMILES string of the molecule is CCC(C)(Pc1ccccc1N1CCCCC1)c1cccc(Cc2ccccc2)c1OCOC. The number of para-hydroxylation sites is 2. The van der Waals surface area contributed by atoms with Crippen molar-refractivity contribution in [3.8, 4) is 5.75 Å². The molecule has 3 aromatic rings. The third-order valence-electron chi connectivity index (χ3n) is 6.97. The predicted octanol–water partition coefficient (Wildman–Crippen LogP) is 6.88. The van der Waals surface area contributed by atoms with Crippen molar-refractivity contribution in [2.45, 2.75) is 51.1 Å². The van der Waals surface area contributed by atoms with Crippen molar-refractivity contribution < 1.29 is 9.47 Å². The summed E-state index contributed by atoms with van der Waals surface area (Å²) in [6.07, 6.45) is 5.82. The first-order valence-corrected chi connectivity index (χ1v) is 13.5. The Morgan fingerprint density at radius 3 is 2.35 bits per heavy atom. The van der Waals surface area contributed by atoms with E-state index in [9.17, 15) is 0 Å². The first-order valence-electron chi connectivity index (χ1n) is 12.5. The normalized spacial score (nSPS) is 16.0. The van der Waals surface area contributed by atoms with Crippen LogP contribution in [0.25, 0.3) is 0 Å². The van der Waals surface area contributed by atoms with Crippen molar-refractivity contribution in [3.05, 3.63) is 89.5 Å². The zero-order chi connectivity index (χ0) is 23.8. The van der Waals surface area contributed by atoms with Gasteiger partial charge >= 0.3 is 0 Å². The molecule has 3 nitrogen and oxygen atoms in total. The summed E-state index contributed by atoms with van der Waals surface area (Å²) in [6, 6.07) is 26.3. The van der Waals surface area contributed by atoms with Crippen LogP contribution in [0.5, 0.6) is 5.75 Å². The van der Waals surface area contributed by atoms with Crippen molar-refractivity contribution in [2.75, 3.05) is 31.9 Å². The van der Waals surface area contributed by atoms with Crippen LogP contribution in [-0.2, 0) is 16.3 Å². The van der Waals surface area contributed by atoms with Crippen molar-refractivity contribution in [1.82, 2.24) is 0 Å². The molecule has 34 heavy (non-hydrogen) atoms. The number of rotatable bonds is 10. The highest BCUT2D eigenvalue weighted by Crippen LogP contribution is 2.49. The number of anilines is 1. The smallest absolute Gasteiger partial charge is 0.188 e. The monoisotopic (exact) mass is 475 g/mol. The van der Waals surface area contributed by atoms with Gasteiger partial charge in [0.15, 0.2) is 6.79 Å². The quantitative estimate of drug-likeness (QED) is 0.236. The van der Waals surface area contributed by atoms with Gasteiger partial charge in [-0.15, -0.1) is 0 Å². The highest BCUT2D eigenvalue weighted by molar-refractivity contribution is 7.49. The van der Waals surface area contributed by atoms with Gasteiger partial charge in [-0.2, -0.15) is 0 Å². The Bertz CT molecular complexity index is 1050. The van der Waals surface area contributed by atoms with Gasteiger partial charge < -0.3 is 14.4 Å². The Morgan fingerprint density at radius 2 is 1.62 bits per heavy atom. The molecule has 2 atom stereocenters. The van der Waals surface area contributed by atoms with Crippen LogP contribution < -0.4 is 14.9 Å². The zero-order valence-electron chi connectivity index (χ0n) is 20.8. The molecule has 0 spiro atoms. The van der Waals surface area contributed by atoms with Gasteiger partial charge in [0.05, 0.1) is 0 Å². The molecule has 0 bridgehead atoms. The van der Waals surface area contributed by atoms with Crippen molar-refractivity contribution >= 4 is 19.6 Å². The van der Waals surface area contributed by atoms with Gasteiger partial charge in [0, 0.05) is 43.0 Å². The standard InChI is InChI=1S/C30H38NO2P/c1-4-30(2,34-28-19-10-9-18-27(28)31-20-11-6-12-21-31)26-17-13-16-25(29(26)33-23-32-3)22-24-14-7-5-8-15-24/h5,7-10,13-19,34H,4,6,11-12,20-23H2,1-3H3. The summed E-state index contributed by atoms with van der Waals surface area (Å²) >= 11 is 0. The largest absolute Gasteiger partial charge is 0.467 e. The van der Waals surface area contributed by atoms with Crippen LogP contribution in [-0.4, -0.2) is 27.0 Å². The third-order valence-corrected chi connectivity index (χ3v) is 8.83. The molecular formula is C30H38NO2P. The second kappa shape index (κ2) is 11.9. The molecule has 1 fully saturated rings. The van der Waals surface area contributed by atoms with Crippen LogP contribution in [0.4, 0.5) is 5.69 Å². The van der Waals surface area contributed by atoms with Gasteiger partial charge in [-0.1, -0.05) is 89.2 Å². The minimum atomic E-state index is -0.0261. The predicted molar refractivity (Wildman–Crippen MR) is 146 cm³/mol. The molecular weight excluding hydrogens is 437 g/mol.